The molecule has 0 atom stereocenters. The van der Waals surface area contributed by atoms with E-state index in [4.69, 9.17) is 0 Å². The van der Waals surface area contributed by atoms with Crippen LogP contribution in [0.1, 0.15) is 13.3 Å². The summed E-state index contributed by atoms with van der Waals surface area (Å²) >= 11 is 0. The van der Waals surface area contributed by atoms with Gasteiger partial charge in [-0.2, -0.15) is 15.0 Å². The number of aryl methyl sites for hydroxylation is 1. The van der Waals surface area contributed by atoms with Gasteiger partial charge >= 0.3 is 0 Å². The van der Waals surface area contributed by atoms with Crippen LogP contribution in [0.3, 0.4) is 0 Å². The van der Waals surface area contributed by atoms with Crippen molar-refractivity contribution in [1.29, 1.82) is 0 Å². The predicted molar refractivity (Wildman–Crippen MR) is 137 cm³/mol. The van der Waals surface area contributed by atoms with Crippen molar-refractivity contribution < 1.29 is 5.11 Å². The molecule has 0 aliphatic rings. The van der Waals surface area contributed by atoms with Crippen LogP contribution in [0, 0.1) is 0 Å². The summed E-state index contributed by atoms with van der Waals surface area (Å²) in [5.41, 5.74) is 2.93. The summed E-state index contributed by atoms with van der Waals surface area (Å²) in [7, 11) is 0. The summed E-state index contributed by atoms with van der Waals surface area (Å²) in [6, 6.07) is 26.9. The number of nitrogens with zero attached hydrogens (tertiary/aromatic N) is 6. The first-order valence-corrected chi connectivity index (χ1v) is 11.3. The van der Waals surface area contributed by atoms with Crippen molar-refractivity contribution in [2.45, 2.75) is 19.9 Å². The molecule has 9 nitrogen and oxygen atoms in total. The Morgan fingerprint density at radius 3 is 1.91 bits per heavy atom. The van der Waals surface area contributed by atoms with Crippen molar-refractivity contribution >= 4 is 45.8 Å². The van der Waals surface area contributed by atoms with Gasteiger partial charge in [-0.3, -0.25) is 0 Å². The van der Waals surface area contributed by atoms with Gasteiger partial charge in [0.1, 0.15) is 0 Å². The van der Waals surface area contributed by atoms with Gasteiger partial charge in [0.2, 0.25) is 17.8 Å². The maximum absolute atomic E-state index is 10.9. The van der Waals surface area contributed by atoms with Crippen LogP contribution in [-0.2, 0) is 6.54 Å². The summed E-state index contributed by atoms with van der Waals surface area (Å²) < 4.78 is 1.84. The number of benzene rings is 3. The van der Waals surface area contributed by atoms with Crippen LogP contribution in [0.2, 0.25) is 0 Å². The lowest BCUT2D eigenvalue weighted by Crippen LogP contribution is -2.03. The van der Waals surface area contributed by atoms with Crippen LogP contribution in [-0.4, -0.2) is 24.6 Å². The summed E-state index contributed by atoms with van der Waals surface area (Å²) in [6.07, 6.45) is 0.874. The van der Waals surface area contributed by atoms with E-state index >= 15 is 0 Å². The molecule has 0 aliphatic heterocycles. The fourth-order valence-corrected chi connectivity index (χ4v) is 3.74. The highest BCUT2D eigenvalue weighted by molar-refractivity contribution is 5.95. The maximum atomic E-state index is 10.9. The molecule has 0 bridgehead atoms. The largest absolute Gasteiger partial charge is 0.493 e. The van der Waals surface area contributed by atoms with Crippen LogP contribution >= 0.6 is 0 Å². The zero-order chi connectivity index (χ0) is 24.0. The van der Waals surface area contributed by atoms with Crippen molar-refractivity contribution in [3.8, 4) is 5.88 Å². The molecule has 0 saturated heterocycles. The lowest BCUT2D eigenvalue weighted by molar-refractivity contribution is 0.421. The molecule has 5 rings (SSSR count). The highest BCUT2D eigenvalue weighted by Crippen LogP contribution is 2.39. The third-order valence-corrected chi connectivity index (χ3v) is 5.29. The van der Waals surface area contributed by atoms with Crippen molar-refractivity contribution in [2.24, 2.45) is 10.2 Å². The predicted octanol–water partition coefficient (Wildman–Crippen LogP) is 6.84. The van der Waals surface area contributed by atoms with Crippen LogP contribution < -0.4 is 10.6 Å². The smallest absolute Gasteiger partial charge is 0.275 e. The summed E-state index contributed by atoms with van der Waals surface area (Å²) in [5, 5.41) is 26.6. The molecular weight excluding hydrogens is 440 g/mol. The van der Waals surface area contributed by atoms with Gasteiger partial charge in [0, 0.05) is 23.3 Å². The van der Waals surface area contributed by atoms with E-state index in [0.29, 0.717) is 24.1 Å². The molecule has 3 N–H and O–H groups in total. The first kappa shape index (κ1) is 22.0. The molecule has 0 saturated carbocycles. The Labute approximate surface area is 202 Å². The van der Waals surface area contributed by atoms with Crippen LogP contribution in [0.15, 0.2) is 95.2 Å². The van der Waals surface area contributed by atoms with E-state index in [9.17, 15) is 5.11 Å². The maximum Gasteiger partial charge on any atom is 0.275 e. The second-order valence-corrected chi connectivity index (χ2v) is 7.81. The summed E-state index contributed by atoms with van der Waals surface area (Å²) in [4.78, 5) is 13.3. The van der Waals surface area contributed by atoms with E-state index in [-0.39, 0.29) is 11.8 Å². The average molecular weight is 465 g/mol. The molecule has 3 aromatic carbocycles. The van der Waals surface area contributed by atoms with Gasteiger partial charge in [-0.1, -0.05) is 61.5 Å². The third-order valence-electron chi connectivity index (χ3n) is 5.29. The van der Waals surface area contributed by atoms with Crippen molar-refractivity contribution in [1.82, 2.24) is 19.5 Å². The van der Waals surface area contributed by atoms with Gasteiger partial charge in [-0.05, 0) is 36.8 Å². The van der Waals surface area contributed by atoms with E-state index < -0.39 is 0 Å². The summed E-state index contributed by atoms with van der Waals surface area (Å²) in [5.74, 6) is 0.798. The molecule has 0 spiro atoms. The highest BCUT2D eigenvalue weighted by atomic mass is 16.3. The highest BCUT2D eigenvalue weighted by Gasteiger charge is 2.16. The first-order chi connectivity index (χ1) is 17.2. The van der Waals surface area contributed by atoms with Crippen molar-refractivity contribution in [3.05, 3.63) is 84.9 Å². The number of anilines is 4. The molecule has 35 heavy (non-hydrogen) atoms. The Morgan fingerprint density at radius 1 is 0.743 bits per heavy atom. The number of fused-ring (bicyclic) bond motifs is 1. The van der Waals surface area contributed by atoms with E-state index in [1.54, 1.807) is 0 Å². The van der Waals surface area contributed by atoms with Gasteiger partial charge in [-0.25, -0.2) is 0 Å². The number of azo groups is 1. The van der Waals surface area contributed by atoms with Gasteiger partial charge in [-0.15, -0.1) is 10.2 Å². The molecule has 0 unspecified atom stereocenters. The Balaban J connectivity index is 1.53. The van der Waals surface area contributed by atoms with Gasteiger partial charge < -0.3 is 20.3 Å². The topological polar surface area (TPSA) is 113 Å². The van der Waals surface area contributed by atoms with Crippen LogP contribution in [0.4, 0.5) is 34.9 Å². The minimum atomic E-state index is 0.0659. The molecule has 2 aromatic heterocycles. The molecule has 0 aliphatic carbocycles. The van der Waals surface area contributed by atoms with E-state index in [1.165, 1.54) is 0 Å². The van der Waals surface area contributed by atoms with E-state index in [0.717, 1.165) is 28.7 Å². The average Bonchev–Trinajstić information content (AvgIpc) is 3.15. The monoisotopic (exact) mass is 464 g/mol. The van der Waals surface area contributed by atoms with E-state index in [2.05, 4.69) is 42.7 Å². The lowest BCUT2D eigenvalue weighted by Gasteiger charge is -2.08. The molecular formula is C26H24N8O. The van der Waals surface area contributed by atoms with Crippen molar-refractivity contribution in [3.63, 3.8) is 0 Å². The molecule has 5 aromatic rings. The fourth-order valence-electron chi connectivity index (χ4n) is 3.74. The number of aromatic nitrogens is 4. The quantitative estimate of drug-likeness (QED) is 0.217. The molecule has 0 fully saturated rings. The second kappa shape index (κ2) is 10.0. The Bertz CT molecular complexity index is 1410. The van der Waals surface area contributed by atoms with Gasteiger partial charge in [0.25, 0.3) is 5.95 Å². The molecule has 9 heteroatoms. The number of rotatable bonds is 8. The van der Waals surface area contributed by atoms with Crippen molar-refractivity contribution in [2.75, 3.05) is 10.6 Å². The standard InChI is InChI=1S/C26H24N8O/c1-2-17-34-21-16-10-9-15-20(21)22(23(34)35)32-33-26-30-24(27-18-11-5-3-6-12-18)29-25(31-26)28-19-13-7-4-8-14-19/h3-16,35H,2,17H2,1H3,(H2,27,28,29,30,31). The zero-order valence-electron chi connectivity index (χ0n) is 19.1. The number of aromatic hydroxyl groups is 1. The van der Waals surface area contributed by atoms with Gasteiger partial charge in [0.15, 0.2) is 5.69 Å². The molecule has 0 radical (unpaired) electrons. The first-order valence-electron chi connectivity index (χ1n) is 11.3. The lowest BCUT2D eigenvalue weighted by atomic mass is 10.2. The normalized spacial score (nSPS) is 11.2. The van der Waals surface area contributed by atoms with Gasteiger partial charge in [0.05, 0.1) is 5.52 Å². The summed E-state index contributed by atoms with van der Waals surface area (Å²) in [6.45, 7) is 2.73. The minimum absolute atomic E-state index is 0.0659. The van der Waals surface area contributed by atoms with Crippen LogP contribution in [0.5, 0.6) is 5.88 Å². The SMILES string of the molecule is CCCn1c(O)c(N=Nc2nc(Nc3ccccc3)nc(Nc3ccccc3)n2)c2ccccc21. The Hall–Kier alpha value is -4.79. The fraction of sp³-hybridized carbons (Fsp3) is 0.115. The second-order valence-electron chi connectivity index (χ2n) is 7.81. The Kier molecular flexibility index (Phi) is 6.29. The number of hydrogen-bond donors (Lipinski definition) is 3. The number of hydrogen-bond acceptors (Lipinski definition) is 8. The van der Waals surface area contributed by atoms with E-state index in [1.807, 2.05) is 89.5 Å². The number of para-hydroxylation sites is 3. The molecule has 174 valence electrons. The number of nitrogens with one attached hydrogen (secondary N) is 2. The zero-order valence-corrected chi connectivity index (χ0v) is 19.1. The Morgan fingerprint density at radius 2 is 1.31 bits per heavy atom. The van der Waals surface area contributed by atoms with Crippen LogP contribution in [0.25, 0.3) is 10.9 Å². The molecule has 0 amide bonds. The third kappa shape index (κ3) is 4.93. The minimum Gasteiger partial charge on any atom is -0.493 e. The molecule has 2 heterocycles.